The van der Waals surface area contributed by atoms with Crippen LogP contribution in [-0.2, 0) is 9.53 Å². The van der Waals surface area contributed by atoms with E-state index in [9.17, 15) is 4.79 Å². The van der Waals surface area contributed by atoms with Crippen LogP contribution in [0.4, 0.5) is 0 Å². The summed E-state index contributed by atoms with van der Waals surface area (Å²) in [6.07, 6.45) is 0.432. The third kappa shape index (κ3) is 2.86. The highest BCUT2D eigenvalue weighted by Gasteiger charge is 2.28. The molecule has 0 aliphatic carbocycles. The normalized spacial score (nSPS) is 17.7. The number of hydrogen-bond donors (Lipinski definition) is 1. The predicted molar refractivity (Wildman–Crippen MR) is 42.5 cm³/mol. The molecule has 13 heavy (non-hydrogen) atoms. The third-order valence-electron chi connectivity index (χ3n) is 1.48. The number of esters is 1. The Morgan fingerprint density at radius 2 is 2.08 bits per heavy atom. The number of hydrogen-bond acceptors (Lipinski definition) is 7. The van der Waals surface area contributed by atoms with Crippen molar-refractivity contribution in [1.82, 2.24) is 0 Å². The number of ether oxygens (including phenoxy) is 1. The van der Waals surface area contributed by atoms with Crippen LogP contribution in [0.15, 0.2) is 20.7 Å². The standard InChI is InChI=1S/C6H11N5O2/c1-2-13-5(12)3-4-6(7)8-10-11-9-6/h2-4,7H2,1H3. The molecule has 0 aromatic heterocycles. The van der Waals surface area contributed by atoms with Gasteiger partial charge in [0, 0.05) is 6.42 Å². The molecule has 1 rings (SSSR count). The van der Waals surface area contributed by atoms with Crippen molar-refractivity contribution in [3.63, 3.8) is 0 Å². The Morgan fingerprint density at radius 1 is 1.46 bits per heavy atom. The molecule has 0 radical (unpaired) electrons. The molecule has 1 aliphatic heterocycles. The van der Waals surface area contributed by atoms with Gasteiger partial charge in [-0.05, 0) is 17.4 Å². The average molecular weight is 185 g/mol. The zero-order chi connectivity index (χ0) is 9.73. The van der Waals surface area contributed by atoms with Gasteiger partial charge in [0.1, 0.15) is 0 Å². The van der Waals surface area contributed by atoms with Crippen molar-refractivity contribution in [2.45, 2.75) is 25.6 Å². The van der Waals surface area contributed by atoms with Crippen LogP contribution in [0.5, 0.6) is 0 Å². The predicted octanol–water partition coefficient (Wildman–Crippen LogP) is 0.775. The third-order valence-corrected chi connectivity index (χ3v) is 1.48. The van der Waals surface area contributed by atoms with Gasteiger partial charge in [-0.15, -0.1) is 10.2 Å². The molecule has 0 aromatic rings. The zero-order valence-corrected chi connectivity index (χ0v) is 7.30. The highest BCUT2D eigenvalue weighted by molar-refractivity contribution is 5.69. The lowest BCUT2D eigenvalue weighted by Crippen LogP contribution is -2.34. The number of carbonyl (C=O) groups is 1. The summed E-state index contributed by atoms with van der Waals surface area (Å²) in [6.45, 7) is 2.10. The van der Waals surface area contributed by atoms with E-state index in [-0.39, 0.29) is 18.8 Å². The molecule has 0 atom stereocenters. The summed E-state index contributed by atoms with van der Waals surface area (Å²) in [5.41, 5.74) is 5.57. The highest BCUT2D eigenvalue weighted by atomic mass is 16.5. The molecule has 7 nitrogen and oxygen atoms in total. The van der Waals surface area contributed by atoms with Gasteiger partial charge in [-0.3, -0.25) is 10.5 Å². The molecule has 0 unspecified atom stereocenters. The average Bonchev–Trinajstić information content (AvgIpc) is 2.51. The molecule has 1 aliphatic rings. The van der Waals surface area contributed by atoms with Crippen molar-refractivity contribution in [1.29, 1.82) is 0 Å². The fraction of sp³-hybridized carbons (Fsp3) is 0.833. The zero-order valence-electron chi connectivity index (χ0n) is 7.30. The molecular formula is C6H11N5O2. The van der Waals surface area contributed by atoms with Gasteiger partial charge in [0.15, 0.2) is 0 Å². The molecule has 7 heteroatoms. The summed E-state index contributed by atoms with van der Waals surface area (Å²) in [4.78, 5) is 10.9. The van der Waals surface area contributed by atoms with Crippen LogP contribution in [0, 0.1) is 0 Å². The van der Waals surface area contributed by atoms with Crippen LogP contribution in [-0.4, -0.2) is 18.4 Å². The molecule has 0 amide bonds. The minimum atomic E-state index is -1.16. The summed E-state index contributed by atoms with van der Waals surface area (Å²) >= 11 is 0. The van der Waals surface area contributed by atoms with E-state index >= 15 is 0 Å². The Bertz CT molecular complexity index is 237. The number of rotatable bonds is 4. The topological polar surface area (TPSA) is 102 Å². The summed E-state index contributed by atoms with van der Waals surface area (Å²) in [7, 11) is 0. The van der Waals surface area contributed by atoms with E-state index in [4.69, 9.17) is 10.5 Å². The molecular weight excluding hydrogens is 174 g/mol. The fourth-order valence-corrected chi connectivity index (χ4v) is 0.834. The SMILES string of the molecule is CCOC(=O)CCC1(N)N=NN=N1. The van der Waals surface area contributed by atoms with Crippen molar-refractivity contribution in [2.24, 2.45) is 26.4 Å². The Morgan fingerprint density at radius 3 is 2.62 bits per heavy atom. The molecule has 0 spiro atoms. The molecule has 0 saturated carbocycles. The van der Waals surface area contributed by atoms with Crippen LogP contribution in [0.1, 0.15) is 19.8 Å². The largest absolute Gasteiger partial charge is 0.466 e. The maximum absolute atomic E-state index is 10.9. The van der Waals surface area contributed by atoms with Crippen LogP contribution < -0.4 is 5.73 Å². The molecule has 0 bridgehead atoms. The number of nitrogens with zero attached hydrogens (tertiary/aromatic N) is 4. The van der Waals surface area contributed by atoms with Crippen LogP contribution >= 0.6 is 0 Å². The van der Waals surface area contributed by atoms with Gasteiger partial charge in [0.05, 0.1) is 13.0 Å². The van der Waals surface area contributed by atoms with Crippen LogP contribution in [0.2, 0.25) is 0 Å². The summed E-state index contributed by atoms with van der Waals surface area (Å²) in [6, 6.07) is 0. The summed E-state index contributed by atoms with van der Waals surface area (Å²) in [5.74, 6) is -1.48. The van der Waals surface area contributed by atoms with Crippen LogP contribution in [0.25, 0.3) is 0 Å². The van der Waals surface area contributed by atoms with E-state index in [1.165, 1.54) is 0 Å². The van der Waals surface area contributed by atoms with Crippen molar-refractivity contribution in [3.8, 4) is 0 Å². The van der Waals surface area contributed by atoms with Gasteiger partial charge in [-0.25, -0.2) is 0 Å². The quantitative estimate of drug-likeness (QED) is 0.654. The van der Waals surface area contributed by atoms with E-state index < -0.39 is 5.79 Å². The monoisotopic (exact) mass is 185 g/mol. The van der Waals surface area contributed by atoms with Gasteiger partial charge < -0.3 is 4.74 Å². The first-order valence-electron chi connectivity index (χ1n) is 3.95. The molecule has 0 aromatic carbocycles. The van der Waals surface area contributed by atoms with E-state index in [1.807, 2.05) is 0 Å². The first-order chi connectivity index (χ1) is 6.16. The minimum Gasteiger partial charge on any atom is -0.466 e. The van der Waals surface area contributed by atoms with Gasteiger partial charge in [-0.2, -0.15) is 0 Å². The second-order valence-electron chi connectivity index (χ2n) is 2.56. The van der Waals surface area contributed by atoms with Crippen molar-refractivity contribution in [3.05, 3.63) is 0 Å². The second-order valence-corrected chi connectivity index (χ2v) is 2.56. The lowest BCUT2D eigenvalue weighted by molar-refractivity contribution is -0.143. The number of carbonyl (C=O) groups excluding carboxylic acids is 1. The van der Waals surface area contributed by atoms with Crippen molar-refractivity contribution >= 4 is 5.97 Å². The maximum Gasteiger partial charge on any atom is 0.305 e. The highest BCUT2D eigenvalue weighted by Crippen LogP contribution is 2.19. The van der Waals surface area contributed by atoms with E-state index in [0.29, 0.717) is 6.61 Å². The molecule has 2 N–H and O–H groups in total. The molecule has 72 valence electrons. The van der Waals surface area contributed by atoms with Crippen molar-refractivity contribution in [2.75, 3.05) is 6.61 Å². The Kier molecular flexibility index (Phi) is 3.02. The fourth-order valence-electron chi connectivity index (χ4n) is 0.834. The van der Waals surface area contributed by atoms with Gasteiger partial charge >= 0.3 is 5.97 Å². The van der Waals surface area contributed by atoms with Crippen molar-refractivity contribution < 1.29 is 9.53 Å². The van der Waals surface area contributed by atoms with E-state index in [1.54, 1.807) is 6.92 Å². The van der Waals surface area contributed by atoms with Crippen LogP contribution in [0.3, 0.4) is 0 Å². The lowest BCUT2D eigenvalue weighted by Gasteiger charge is -2.11. The molecule has 0 fully saturated rings. The second kappa shape index (κ2) is 4.04. The van der Waals surface area contributed by atoms with Gasteiger partial charge in [0.25, 0.3) is 0 Å². The summed E-state index contributed by atoms with van der Waals surface area (Å²) < 4.78 is 4.71. The Labute approximate surface area is 75.0 Å². The maximum atomic E-state index is 10.9. The van der Waals surface area contributed by atoms with E-state index in [2.05, 4.69) is 20.7 Å². The molecule has 1 heterocycles. The minimum absolute atomic E-state index is 0.169. The summed E-state index contributed by atoms with van der Waals surface area (Å²) in [5, 5.41) is 13.7. The van der Waals surface area contributed by atoms with Gasteiger partial charge in [0.2, 0.25) is 5.79 Å². The Hall–Kier alpha value is -1.37. The number of nitrogens with two attached hydrogens (primary N) is 1. The van der Waals surface area contributed by atoms with E-state index in [0.717, 1.165) is 0 Å². The molecule has 0 saturated heterocycles. The first kappa shape index (κ1) is 9.72. The smallest absolute Gasteiger partial charge is 0.305 e. The first-order valence-corrected chi connectivity index (χ1v) is 3.95. The Balaban J connectivity index is 2.30. The lowest BCUT2D eigenvalue weighted by atomic mass is 10.2. The van der Waals surface area contributed by atoms with Gasteiger partial charge in [-0.1, -0.05) is 0 Å².